The standard InChI is InChI=1S/C11H14N2O2/c1-2-14-10-5-3-9(4-6-10)11-13-12-7-8-15-11/h3-6,12H,2,7-8H2,1H3. The van der Waals surface area contributed by atoms with Gasteiger partial charge in [-0.1, -0.05) is 0 Å². The topological polar surface area (TPSA) is 42.8 Å². The second-order valence-electron chi connectivity index (χ2n) is 3.13. The van der Waals surface area contributed by atoms with E-state index in [1.165, 1.54) is 0 Å². The van der Waals surface area contributed by atoms with Crippen molar-refractivity contribution < 1.29 is 9.47 Å². The monoisotopic (exact) mass is 206 g/mol. The molecular formula is C11H14N2O2. The van der Waals surface area contributed by atoms with Gasteiger partial charge in [-0.2, -0.15) is 0 Å². The van der Waals surface area contributed by atoms with Crippen molar-refractivity contribution in [3.63, 3.8) is 0 Å². The average Bonchev–Trinajstić information content (AvgIpc) is 2.32. The van der Waals surface area contributed by atoms with Crippen LogP contribution in [0.4, 0.5) is 0 Å². The lowest BCUT2D eigenvalue weighted by molar-refractivity contribution is 0.279. The fourth-order valence-electron chi connectivity index (χ4n) is 1.36. The molecule has 1 N–H and O–H groups in total. The van der Waals surface area contributed by atoms with Crippen LogP contribution in [0.15, 0.2) is 29.4 Å². The first-order valence-electron chi connectivity index (χ1n) is 5.06. The number of benzene rings is 1. The third-order valence-electron chi connectivity index (χ3n) is 2.05. The van der Waals surface area contributed by atoms with Crippen molar-refractivity contribution in [2.45, 2.75) is 6.92 Å². The van der Waals surface area contributed by atoms with Crippen LogP contribution in [0.3, 0.4) is 0 Å². The van der Waals surface area contributed by atoms with Crippen molar-refractivity contribution in [3.8, 4) is 5.75 Å². The number of hydrazone groups is 1. The highest BCUT2D eigenvalue weighted by atomic mass is 16.5. The van der Waals surface area contributed by atoms with Crippen LogP contribution in [0.2, 0.25) is 0 Å². The van der Waals surface area contributed by atoms with E-state index in [4.69, 9.17) is 9.47 Å². The van der Waals surface area contributed by atoms with Gasteiger partial charge >= 0.3 is 0 Å². The van der Waals surface area contributed by atoms with Gasteiger partial charge in [0, 0.05) is 5.56 Å². The van der Waals surface area contributed by atoms with Crippen molar-refractivity contribution in [1.82, 2.24) is 5.43 Å². The van der Waals surface area contributed by atoms with E-state index in [9.17, 15) is 0 Å². The Morgan fingerprint density at radius 2 is 2.20 bits per heavy atom. The summed E-state index contributed by atoms with van der Waals surface area (Å²) >= 11 is 0. The minimum atomic E-state index is 0.643. The maximum Gasteiger partial charge on any atom is 0.237 e. The summed E-state index contributed by atoms with van der Waals surface area (Å²) in [6, 6.07) is 7.71. The van der Waals surface area contributed by atoms with Gasteiger partial charge in [0.1, 0.15) is 12.4 Å². The summed E-state index contributed by atoms with van der Waals surface area (Å²) in [5.41, 5.74) is 3.87. The minimum Gasteiger partial charge on any atom is -0.494 e. The SMILES string of the molecule is CCOc1ccc(C2=NNCCO2)cc1. The Morgan fingerprint density at radius 3 is 2.80 bits per heavy atom. The van der Waals surface area contributed by atoms with Crippen molar-refractivity contribution in [2.75, 3.05) is 19.8 Å². The molecule has 0 amide bonds. The Kier molecular flexibility index (Phi) is 3.07. The van der Waals surface area contributed by atoms with Gasteiger partial charge in [0.25, 0.3) is 0 Å². The molecule has 1 aromatic carbocycles. The molecule has 0 aliphatic carbocycles. The van der Waals surface area contributed by atoms with Crippen LogP contribution in [0, 0.1) is 0 Å². The van der Waals surface area contributed by atoms with E-state index >= 15 is 0 Å². The normalized spacial score (nSPS) is 14.9. The van der Waals surface area contributed by atoms with Gasteiger partial charge in [-0.25, -0.2) is 0 Å². The van der Waals surface area contributed by atoms with Crippen molar-refractivity contribution in [3.05, 3.63) is 29.8 Å². The van der Waals surface area contributed by atoms with Gasteiger partial charge in [0.05, 0.1) is 13.2 Å². The number of nitrogens with zero attached hydrogens (tertiary/aromatic N) is 1. The first kappa shape index (κ1) is 9.83. The Balaban J connectivity index is 2.12. The fraction of sp³-hybridized carbons (Fsp3) is 0.364. The molecule has 1 aliphatic heterocycles. The molecule has 1 heterocycles. The molecule has 0 aromatic heterocycles. The van der Waals surface area contributed by atoms with E-state index in [-0.39, 0.29) is 0 Å². The van der Waals surface area contributed by atoms with Gasteiger partial charge in [-0.05, 0) is 31.2 Å². The zero-order valence-electron chi connectivity index (χ0n) is 8.69. The van der Waals surface area contributed by atoms with Gasteiger partial charge in [0.15, 0.2) is 0 Å². The van der Waals surface area contributed by atoms with Gasteiger partial charge in [-0.15, -0.1) is 5.10 Å². The maximum atomic E-state index is 5.41. The summed E-state index contributed by atoms with van der Waals surface area (Å²) in [6.07, 6.45) is 0. The van der Waals surface area contributed by atoms with E-state index in [1.54, 1.807) is 0 Å². The highest BCUT2D eigenvalue weighted by molar-refractivity contribution is 5.94. The van der Waals surface area contributed by atoms with Crippen LogP contribution in [0.25, 0.3) is 0 Å². The molecule has 0 fully saturated rings. The summed E-state index contributed by atoms with van der Waals surface area (Å²) < 4.78 is 10.8. The van der Waals surface area contributed by atoms with Crippen LogP contribution in [-0.2, 0) is 4.74 Å². The Hall–Kier alpha value is -1.71. The van der Waals surface area contributed by atoms with Crippen molar-refractivity contribution >= 4 is 5.90 Å². The smallest absolute Gasteiger partial charge is 0.237 e. The van der Waals surface area contributed by atoms with Crippen LogP contribution >= 0.6 is 0 Å². The summed E-state index contributed by atoms with van der Waals surface area (Å²) in [5, 5.41) is 4.08. The third kappa shape index (κ3) is 2.40. The lowest BCUT2D eigenvalue weighted by atomic mass is 10.2. The van der Waals surface area contributed by atoms with Crippen LogP contribution in [0.1, 0.15) is 12.5 Å². The molecule has 0 unspecified atom stereocenters. The minimum absolute atomic E-state index is 0.643. The fourth-order valence-corrected chi connectivity index (χ4v) is 1.36. The molecule has 0 radical (unpaired) electrons. The molecule has 0 bridgehead atoms. The number of rotatable bonds is 3. The highest BCUT2D eigenvalue weighted by Crippen LogP contribution is 2.13. The third-order valence-corrected chi connectivity index (χ3v) is 2.05. The number of ether oxygens (including phenoxy) is 2. The second-order valence-corrected chi connectivity index (χ2v) is 3.13. The van der Waals surface area contributed by atoms with E-state index in [0.717, 1.165) is 17.9 Å². The van der Waals surface area contributed by atoms with Crippen molar-refractivity contribution in [1.29, 1.82) is 0 Å². The summed E-state index contributed by atoms with van der Waals surface area (Å²) in [7, 11) is 0. The molecule has 0 saturated carbocycles. The van der Waals surface area contributed by atoms with Crippen molar-refractivity contribution in [2.24, 2.45) is 5.10 Å². The number of hydrogen-bond donors (Lipinski definition) is 1. The van der Waals surface area contributed by atoms with E-state index in [1.807, 2.05) is 31.2 Å². The van der Waals surface area contributed by atoms with E-state index < -0.39 is 0 Å². The zero-order valence-corrected chi connectivity index (χ0v) is 8.69. The Labute approximate surface area is 88.9 Å². The first-order valence-corrected chi connectivity index (χ1v) is 5.06. The van der Waals surface area contributed by atoms with Crippen LogP contribution in [0.5, 0.6) is 5.75 Å². The summed E-state index contributed by atoms with van der Waals surface area (Å²) in [4.78, 5) is 0. The molecule has 1 aliphatic rings. The number of nitrogens with one attached hydrogen (secondary N) is 1. The van der Waals surface area contributed by atoms with E-state index in [0.29, 0.717) is 19.1 Å². The predicted octanol–water partition coefficient (Wildman–Crippen LogP) is 1.37. The first-order chi connectivity index (χ1) is 7.40. The molecule has 80 valence electrons. The molecule has 1 aromatic rings. The van der Waals surface area contributed by atoms with Gasteiger partial charge in [0.2, 0.25) is 5.90 Å². The number of hydrogen-bond acceptors (Lipinski definition) is 4. The molecular weight excluding hydrogens is 192 g/mol. The molecule has 4 nitrogen and oxygen atoms in total. The summed E-state index contributed by atoms with van der Waals surface area (Å²) in [6.45, 7) is 4.07. The van der Waals surface area contributed by atoms with Gasteiger partial charge in [-0.3, -0.25) is 0 Å². The quantitative estimate of drug-likeness (QED) is 0.812. The molecule has 0 atom stereocenters. The Morgan fingerprint density at radius 1 is 1.40 bits per heavy atom. The second kappa shape index (κ2) is 4.68. The highest BCUT2D eigenvalue weighted by Gasteiger charge is 2.08. The van der Waals surface area contributed by atoms with E-state index in [2.05, 4.69) is 10.5 Å². The maximum absolute atomic E-state index is 5.41. The lowest BCUT2D eigenvalue weighted by Crippen LogP contribution is -2.26. The molecule has 0 spiro atoms. The predicted molar refractivity (Wildman–Crippen MR) is 58.1 cm³/mol. The average molecular weight is 206 g/mol. The summed E-state index contributed by atoms with van der Waals surface area (Å²) in [5.74, 6) is 1.51. The lowest BCUT2D eigenvalue weighted by Gasteiger charge is -2.14. The molecule has 4 heteroatoms. The molecule has 15 heavy (non-hydrogen) atoms. The Bertz CT molecular complexity index is 346. The zero-order chi connectivity index (χ0) is 10.5. The van der Waals surface area contributed by atoms with Gasteiger partial charge < -0.3 is 14.9 Å². The molecule has 2 rings (SSSR count). The van der Waals surface area contributed by atoms with Crippen LogP contribution < -0.4 is 10.2 Å². The largest absolute Gasteiger partial charge is 0.494 e. The molecule has 0 saturated heterocycles. The van der Waals surface area contributed by atoms with Crippen LogP contribution in [-0.4, -0.2) is 25.7 Å².